The number of aromatic amines is 2. The first-order valence-electron chi connectivity index (χ1n) is 9.62. The van der Waals surface area contributed by atoms with Crippen LogP contribution in [0.25, 0.3) is 5.82 Å². The van der Waals surface area contributed by atoms with Crippen LogP contribution in [-0.2, 0) is 23.8 Å². The smallest absolute Gasteiger partial charge is 0.381 e. The monoisotopic (exact) mass is 424 g/mol. The lowest BCUT2D eigenvalue weighted by Crippen LogP contribution is -2.19. The minimum absolute atomic E-state index is 0.0388. The number of alkyl halides is 3. The Balaban J connectivity index is 1.68. The van der Waals surface area contributed by atoms with Crippen LogP contribution in [0.5, 0.6) is 0 Å². The molecule has 0 bridgehead atoms. The van der Waals surface area contributed by atoms with Gasteiger partial charge in [0, 0.05) is 36.5 Å². The van der Waals surface area contributed by atoms with Crippen LogP contribution in [0.3, 0.4) is 0 Å². The largest absolute Gasteiger partial charge is 0.432 e. The summed E-state index contributed by atoms with van der Waals surface area (Å²) in [5.74, 6) is -0.449. The van der Waals surface area contributed by atoms with Crippen LogP contribution in [-0.4, -0.2) is 33.2 Å². The van der Waals surface area contributed by atoms with Gasteiger partial charge >= 0.3 is 6.18 Å². The summed E-state index contributed by atoms with van der Waals surface area (Å²) in [6.07, 6.45) is -2.30. The predicted octanol–water partition coefficient (Wildman–Crippen LogP) is 3.73. The van der Waals surface area contributed by atoms with Crippen LogP contribution in [0.1, 0.15) is 41.3 Å². The van der Waals surface area contributed by atoms with Crippen molar-refractivity contribution in [1.29, 1.82) is 0 Å². The molecule has 0 amide bonds. The third-order valence-electron chi connectivity index (χ3n) is 5.32. The average molecular weight is 424 g/mol. The number of halogens is 4. The van der Waals surface area contributed by atoms with Gasteiger partial charge in [-0.2, -0.15) is 23.0 Å². The first-order chi connectivity index (χ1) is 14.3. The van der Waals surface area contributed by atoms with Crippen molar-refractivity contribution in [3.05, 3.63) is 69.0 Å². The van der Waals surface area contributed by atoms with Gasteiger partial charge in [0.05, 0.1) is 0 Å². The zero-order valence-electron chi connectivity index (χ0n) is 15.9. The summed E-state index contributed by atoms with van der Waals surface area (Å²) < 4.78 is 58.3. The van der Waals surface area contributed by atoms with Crippen LogP contribution in [0, 0.1) is 5.82 Å². The number of ether oxygens (including phenoxy) is 1. The van der Waals surface area contributed by atoms with Crippen molar-refractivity contribution >= 4 is 0 Å². The Morgan fingerprint density at radius 2 is 1.83 bits per heavy atom. The molecule has 0 aliphatic carbocycles. The van der Waals surface area contributed by atoms with E-state index in [-0.39, 0.29) is 17.6 Å². The highest BCUT2D eigenvalue weighted by Crippen LogP contribution is 2.30. The molecule has 1 aliphatic heterocycles. The number of hydrogen-bond acceptors (Lipinski definition) is 3. The van der Waals surface area contributed by atoms with Crippen molar-refractivity contribution in [2.45, 2.75) is 37.8 Å². The van der Waals surface area contributed by atoms with Gasteiger partial charge in [-0.15, -0.1) is 0 Å². The molecule has 1 fully saturated rings. The van der Waals surface area contributed by atoms with Crippen molar-refractivity contribution < 1.29 is 22.3 Å². The van der Waals surface area contributed by atoms with Crippen LogP contribution in [0.2, 0.25) is 0 Å². The maximum Gasteiger partial charge on any atom is 0.432 e. The van der Waals surface area contributed by atoms with Crippen molar-refractivity contribution in [2.24, 2.45) is 0 Å². The molecule has 10 heteroatoms. The summed E-state index contributed by atoms with van der Waals surface area (Å²) in [5, 5.41) is 8.58. The summed E-state index contributed by atoms with van der Waals surface area (Å²) in [6.45, 7) is 1.10. The van der Waals surface area contributed by atoms with Gasteiger partial charge in [-0.25, -0.2) is 4.39 Å². The van der Waals surface area contributed by atoms with Gasteiger partial charge in [0.15, 0.2) is 5.82 Å². The Hall–Kier alpha value is -2.88. The molecule has 2 N–H and O–H groups in total. The molecule has 1 aromatic carbocycles. The van der Waals surface area contributed by atoms with Gasteiger partial charge in [-0.05, 0) is 43.4 Å². The summed E-state index contributed by atoms with van der Waals surface area (Å²) in [5.41, 5.74) is 0.601. The molecule has 0 spiro atoms. The van der Waals surface area contributed by atoms with E-state index in [4.69, 9.17) is 4.74 Å². The standard InChI is InChI=1S/C20H20F4N4O2/c21-14-4-1-12(2-5-14)3-6-15-18(13-7-9-30-10-8-13)27-28(19(15)29)17-11-16(25-26-17)20(22,23)24/h1-2,4-5,11,13,27H,3,6-10H2,(H,25,26). The number of rotatable bonds is 5. The number of aryl methyl sites for hydroxylation is 1. The number of H-pyrrole nitrogens is 2. The molecule has 2 aromatic heterocycles. The molecule has 1 saturated heterocycles. The number of nitrogens with one attached hydrogen (secondary N) is 2. The Morgan fingerprint density at radius 1 is 1.13 bits per heavy atom. The van der Waals surface area contributed by atoms with E-state index in [2.05, 4.69) is 10.2 Å². The SMILES string of the molecule is O=c1c(CCc2ccc(F)cc2)c(C2CCOCC2)[nH]n1-c1cc(C(F)(F)F)[nH]n1. The molecular formula is C20H20F4N4O2. The topological polar surface area (TPSA) is 75.7 Å². The molecule has 0 saturated carbocycles. The molecule has 160 valence electrons. The van der Waals surface area contributed by atoms with Gasteiger partial charge in [0.2, 0.25) is 0 Å². The average Bonchev–Trinajstić information content (AvgIpc) is 3.33. The second-order valence-electron chi connectivity index (χ2n) is 7.30. The molecule has 1 aliphatic rings. The molecule has 3 heterocycles. The first-order valence-corrected chi connectivity index (χ1v) is 9.62. The van der Waals surface area contributed by atoms with E-state index in [0.29, 0.717) is 50.2 Å². The quantitative estimate of drug-likeness (QED) is 0.613. The van der Waals surface area contributed by atoms with Crippen LogP contribution in [0.15, 0.2) is 35.1 Å². The number of hydrogen-bond donors (Lipinski definition) is 2. The van der Waals surface area contributed by atoms with Gasteiger partial charge in [-0.1, -0.05) is 12.1 Å². The molecule has 3 aromatic rings. The van der Waals surface area contributed by atoms with Gasteiger partial charge in [0.25, 0.3) is 5.56 Å². The molecule has 0 radical (unpaired) electrons. The maximum atomic E-state index is 13.1. The lowest BCUT2D eigenvalue weighted by molar-refractivity contribution is -0.141. The summed E-state index contributed by atoms with van der Waals surface area (Å²) >= 11 is 0. The Labute approximate surface area is 168 Å². The van der Waals surface area contributed by atoms with Crippen molar-refractivity contribution in [3.8, 4) is 5.82 Å². The van der Waals surface area contributed by atoms with E-state index in [1.165, 1.54) is 12.1 Å². The second-order valence-corrected chi connectivity index (χ2v) is 7.30. The fourth-order valence-corrected chi connectivity index (χ4v) is 3.71. The third kappa shape index (κ3) is 4.18. The van der Waals surface area contributed by atoms with Gasteiger partial charge in [0.1, 0.15) is 11.5 Å². The van der Waals surface area contributed by atoms with Crippen LogP contribution in [0.4, 0.5) is 17.6 Å². The molecule has 0 unspecified atom stereocenters. The molecule has 6 nitrogen and oxygen atoms in total. The Morgan fingerprint density at radius 3 is 2.47 bits per heavy atom. The molecule has 0 atom stereocenters. The number of aromatic nitrogens is 4. The van der Waals surface area contributed by atoms with Gasteiger partial charge in [-0.3, -0.25) is 15.0 Å². The maximum absolute atomic E-state index is 13.1. The summed E-state index contributed by atoms with van der Waals surface area (Å²) in [7, 11) is 0. The first kappa shape index (κ1) is 20.4. The molecular weight excluding hydrogens is 404 g/mol. The fourth-order valence-electron chi connectivity index (χ4n) is 3.71. The highest BCUT2D eigenvalue weighted by molar-refractivity contribution is 5.31. The van der Waals surface area contributed by atoms with Crippen molar-refractivity contribution in [1.82, 2.24) is 20.0 Å². The number of nitrogens with zero attached hydrogens (tertiary/aromatic N) is 2. The predicted molar refractivity (Wildman–Crippen MR) is 100 cm³/mol. The van der Waals surface area contributed by atoms with E-state index >= 15 is 0 Å². The van der Waals surface area contributed by atoms with Crippen LogP contribution < -0.4 is 5.56 Å². The number of benzene rings is 1. The van der Waals surface area contributed by atoms with E-state index in [1.54, 1.807) is 12.1 Å². The zero-order valence-corrected chi connectivity index (χ0v) is 15.9. The Bertz CT molecular complexity index is 1060. The van der Waals surface area contributed by atoms with E-state index in [0.717, 1.165) is 16.3 Å². The van der Waals surface area contributed by atoms with E-state index in [1.807, 2.05) is 5.10 Å². The normalized spacial score (nSPS) is 15.6. The highest BCUT2D eigenvalue weighted by atomic mass is 19.4. The zero-order chi connectivity index (χ0) is 21.3. The second kappa shape index (κ2) is 8.10. The van der Waals surface area contributed by atoms with E-state index in [9.17, 15) is 22.4 Å². The minimum Gasteiger partial charge on any atom is -0.381 e. The Kier molecular flexibility index (Phi) is 5.50. The summed E-state index contributed by atoms with van der Waals surface area (Å²) in [4.78, 5) is 13.1. The van der Waals surface area contributed by atoms with Crippen LogP contribution >= 0.6 is 0 Å². The fraction of sp³-hybridized carbons (Fsp3) is 0.400. The lowest BCUT2D eigenvalue weighted by Gasteiger charge is -2.21. The van der Waals surface area contributed by atoms with Gasteiger partial charge < -0.3 is 4.74 Å². The molecule has 30 heavy (non-hydrogen) atoms. The minimum atomic E-state index is -4.59. The lowest BCUT2D eigenvalue weighted by atomic mass is 9.92. The van der Waals surface area contributed by atoms with E-state index < -0.39 is 17.4 Å². The summed E-state index contributed by atoms with van der Waals surface area (Å²) in [6, 6.07) is 6.81. The highest BCUT2D eigenvalue weighted by Gasteiger charge is 2.34. The van der Waals surface area contributed by atoms with Crippen molar-refractivity contribution in [2.75, 3.05) is 13.2 Å². The third-order valence-corrected chi connectivity index (χ3v) is 5.32. The van der Waals surface area contributed by atoms with Crippen molar-refractivity contribution in [3.63, 3.8) is 0 Å². The molecule has 4 rings (SSSR count).